The lowest BCUT2D eigenvalue weighted by Crippen LogP contribution is -1.99. The normalized spacial score (nSPS) is 11.4. The van der Waals surface area contributed by atoms with Crippen molar-refractivity contribution in [2.24, 2.45) is 0 Å². The molecular formula is C11H11ClN2O2S2. The number of sulfone groups is 1. The number of hydrogen-bond donors (Lipinski definition) is 1. The van der Waals surface area contributed by atoms with E-state index in [1.54, 1.807) is 30.5 Å². The molecule has 96 valence electrons. The molecule has 0 bridgehead atoms. The Hall–Kier alpha value is -1.11. The number of halogens is 1. The van der Waals surface area contributed by atoms with Gasteiger partial charge in [0.15, 0.2) is 14.3 Å². The Balaban J connectivity index is 2.03. The molecule has 2 aromatic rings. The van der Waals surface area contributed by atoms with Gasteiger partial charge in [-0.25, -0.2) is 13.4 Å². The summed E-state index contributed by atoms with van der Waals surface area (Å²) in [6.45, 7) is 0.614. The molecule has 0 aliphatic rings. The monoisotopic (exact) mass is 302 g/mol. The summed E-state index contributed by atoms with van der Waals surface area (Å²) in [6.07, 6.45) is 2.90. The van der Waals surface area contributed by atoms with Crippen LogP contribution in [0.15, 0.2) is 35.4 Å². The Kier molecular flexibility index (Phi) is 3.89. The smallest absolute Gasteiger partial charge is 0.183 e. The van der Waals surface area contributed by atoms with Crippen molar-refractivity contribution in [3.8, 4) is 0 Å². The minimum absolute atomic E-state index is 0.314. The van der Waals surface area contributed by atoms with Crippen molar-refractivity contribution in [3.05, 3.63) is 39.8 Å². The number of hydrogen-bond acceptors (Lipinski definition) is 5. The van der Waals surface area contributed by atoms with Crippen molar-refractivity contribution in [2.45, 2.75) is 11.4 Å². The van der Waals surface area contributed by atoms with Gasteiger partial charge in [-0.3, -0.25) is 0 Å². The SMILES string of the molecule is CS(=O)(=O)c1ccc(NCc2cnc(Cl)s2)cc1. The van der Waals surface area contributed by atoms with Crippen LogP contribution in [0.3, 0.4) is 0 Å². The molecule has 1 aromatic carbocycles. The molecule has 7 heteroatoms. The Morgan fingerprint density at radius 2 is 2.00 bits per heavy atom. The average Bonchev–Trinajstić information content (AvgIpc) is 2.72. The highest BCUT2D eigenvalue weighted by atomic mass is 35.5. The minimum atomic E-state index is -3.14. The minimum Gasteiger partial charge on any atom is -0.380 e. The Bertz CT molecular complexity index is 635. The molecule has 1 aromatic heterocycles. The zero-order chi connectivity index (χ0) is 13.2. The van der Waals surface area contributed by atoms with E-state index < -0.39 is 9.84 Å². The van der Waals surface area contributed by atoms with Gasteiger partial charge in [-0.1, -0.05) is 11.6 Å². The van der Waals surface area contributed by atoms with Gasteiger partial charge in [0.25, 0.3) is 0 Å². The number of rotatable bonds is 4. The summed E-state index contributed by atoms with van der Waals surface area (Å²) >= 11 is 7.14. The van der Waals surface area contributed by atoms with Crippen LogP contribution >= 0.6 is 22.9 Å². The summed E-state index contributed by atoms with van der Waals surface area (Å²) in [7, 11) is -3.14. The summed E-state index contributed by atoms with van der Waals surface area (Å²) in [5.41, 5.74) is 0.854. The first-order chi connectivity index (χ1) is 8.45. The molecule has 0 amide bonds. The van der Waals surface area contributed by atoms with Crippen molar-refractivity contribution >= 4 is 38.5 Å². The molecule has 0 spiro atoms. The van der Waals surface area contributed by atoms with E-state index in [4.69, 9.17) is 11.6 Å². The fourth-order valence-corrected chi connectivity index (χ4v) is 2.92. The third-order valence-corrected chi connectivity index (χ3v) is 4.52. The van der Waals surface area contributed by atoms with Gasteiger partial charge in [0.1, 0.15) is 0 Å². The maximum absolute atomic E-state index is 11.3. The highest BCUT2D eigenvalue weighted by Gasteiger charge is 2.06. The molecular weight excluding hydrogens is 292 g/mol. The van der Waals surface area contributed by atoms with Crippen LogP contribution in [0.25, 0.3) is 0 Å². The van der Waals surface area contributed by atoms with Crippen LogP contribution in [-0.2, 0) is 16.4 Å². The first kappa shape index (κ1) is 13.3. The maximum atomic E-state index is 11.3. The van der Waals surface area contributed by atoms with Gasteiger partial charge in [0.2, 0.25) is 0 Å². The first-order valence-corrected chi connectivity index (χ1v) is 8.18. The molecule has 0 saturated heterocycles. The maximum Gasteiger partial charge on any atom is 0.183 e. The van der Waals surface area contributed by atoms with E-state index in [0.717, 1.165) is 10.6 Å². The topological polar surface area (TPSA) is 59.1 Å². The first-order valence-electron chi connectivity index (χ1n) is 5.09. The average molecular weight is 303 g/mol. The second-order valence-electron chi connectivity index (χ2n) is 3.73. The highest BCUT2D eigenvalue weighted by molar-refractivity contribution is 7.90. The van der Waals surface area contributed by atoms with Gasteiger partial charge in [-0.15, -0.1) is 11.3 Å². The third kappa shape index (κ3) is 3.44. The number of anilines is 1. The molecule has 0 saturated carbocycles. The number of thiazole rings is 1. The number of aromatic nitrogens is 1. The van der Waals surface area contributed by atoms with Crippen molar-refractivity contribution in [1.29, 1.82) is 0 Å². The van der Waals surface area contributed by atoms with Crippen LogP contribution in [-0.4, -0.2) is 19.7 Å². The fraction of sp³-hybridized carbons (Fsp3) is 0.182. The molecule has 0 unspecified atom stereocenters. The van der Waals surface area contributed by atoms with Crippen LogP contribution in [0.4, 0.5) is 5.69 Å². The number of benzene rings is 1. The van der Waals surface area contributed by atoms with Gasteiger partial charge >= 0.3 is 0 Å². The lowest BCUT2D eigenvalue weighted by molar-refractivity contribution is 0.602. The largest absolute Gasteiger partial charge is 0.380 e. The van der Waals surface area contributed by atoms with E-state index in [-0.39, 0.29) is 0 Å². The van der Waals surface area contributed by atoms with E-state index in [0.29, 0.717) is 15.9 Å². The summed E-state index contributed by atoms with van der Waals surface area (Å²) in [5.74, 6) is 0. The Labute approximate surface area is 115 Å². The molecule has 18 heavy (non-hydrogen) atoms. The van der Waals surface area contributed by atoms with Crippen LogP contribution in [0, 0.1) is 0 Å². The van der Waals surface area contributed by atoms with E-state index in [1.165, 1.54) is 17.6 Å². The summed E-state index contributed by atoms with van der Waals surface area (Å²) < 4.78 is 23.1. The molecule has 1 N–H and O–H groups in total. The second-order valence-corrected chi connectivity index (χ2v) is 7.44. The zero-order valence-corrected chi connectivity index (χ0v) is 11.9. The molecule has 4 nitrogen and oxygen atoms in total. The molecule has 0 radical (unpaired) electrons. The molecule has 0 fully saturated rings. The fourth-order valence-electron chi connectivity index (χ4n) is 1.37. The quantitative estimate of drug-likeness (QED) is 0.943. The summed E-state index contributed by atoms with van der Waals surface area (Å²) in [4.78, 5) is 5.27. The van der Waals surface area contributed by atoms with Gasteiger partial charge in [0, 0.05) is 23.0 Å². The van der Waals surface area contributed by atoms with Crippen molar-refractivity contribution < 1.29 is 8.42 Å². The van der Waals surface area contributed by atoms with E-state index >= 15 is 0 Å². The molecule has 0 atom stereocenters. The van der Waals surface area contributed by atoms with Crippen LogP contribution in [0.1, 0.15) is 4.88 Å². The summed E-state index contributed by atoms with van der Waals surface area (Å²) in [6, 6.07) is 6.63. The van der Waals surface area contributed by atoms with Gasteiger partial charge in [0.05, 0.1) is 11.4 Å². The van der Waals surface area contributed by atoms with Crippen LogP contribution in [0.2, 0.25) is 4.47 Å². The zero-order valence-electron chi connectivity index (χ0n) is 9.55. The third-order valence-electron chi connectivity index (χ3n) is 2.27. The van der Waals surface area contributed by atoms with E-state index in [2.05, 4.69) is 10.3 Å². The predicted octanol–water partition coefficient (Wildman–Crippen LogP) is 2.81. The Morgan fingerprint density at radius 3 is 2.50 bits per heavy atom. The number of nitrogens with one attached hydrogen (secondary N) is 1. The molecule has 2 rings (SSSR count). The molecule has 0 aliphatic heterocycles. The standard InChI is InChI=1S/C11H11ClN2O2S2/c1-18(15,16)10-4-2-8(3-5-10)13-6-9-7-14-11(12)17-9/h2-5,7,13H,6H2,1H3. The number of nitrogens with zero attached hydrogens (tertiary/aromatic N) is 1. The van der Waals surface area contributed by atoms with Crippen molar-refractivity contribution in [1.82, 2.24) is 4.98 Å². The van der Waals surface area contributed by atoms with Crippen molar-refractivity contribution in [3.63, 3.8) is 0 Å². The lowest BCUT2D eigenvalue weighted by Gasteiger charge is -2.05. The summed E-state index contributed by atoms with van der Waals surface area (Å²) in [5, 5.41) is 3.17. The van der Waals surface area contributed by atoms with Crippen LogP contribution < -0.4 is 5.32 Å². The molecule has 1 heterocycles. The predicted molar refractivity (Wildman–Crippen MR) is 74.0 cm³/mol. The highest BCUT2D eigenvalue weighted by Crippen LogP contribution is 2.19. The Morgan fingerprint density at radius 1 is 1.33 bits per heavy atom. The van der Waals surface area contributed by atoms with Gasteiger partial charge < -0.3 is 5.32 Å². The van der Waals surface area contributed by atoms with Crippen molar-refractivity contribution in [2.75, 3.05) is 11.6 Å². The molecule has 0 aliphatic carbocycles. The van der Waals surface area contributed by atoms with Gasteiger partial charge in [-0.05, 0) is 24.3 Å². The van der Waals surface area contributed by atoms with E-state index in [1.807, 2.05) is 0 Å². The second kappa shape index (κ2) is 5.26. The van der Waals surface area contributed by atoms with E-state index in [9.17, 15) is 8.42 Å². The van der Waals surface area contributed by atoms with Crippen LogP contribution in [0.5, 0.6) is 0 Å². The van der Waals surface area contributed by atoms with Gasteiger partial charge in [-0.2, -0.15) is 0 Å². The lowest BCUT2D eigenvalue weighted by atomic mass is 10.3.